The van der Waals surface area contributed by atoms with E-state index in [1.54, 1.807) is 12.5 Å². The number of nitrogens with two attached hydrogens (primary N) is 1. The lowest BCUT2D eigenvalue weighted by Gasteiger charge is -2.13. The number of hydrogen-bond acceptors (Lipinski definition) is 2. The van der Waals surface area contributed by atoms with Gasteiger partial charge in [0.25, 0.3) is 0 Å². The average molecular weight is 280 g/mol. The van der Waals surface area contributed by atoms with E-state index in [-0.39, 0.29) is 6.04 Å². The Kier molecular flexibility index (Phi) is 3.12. The fourth-order valence-electron chi connectivity index (χ4n) is 1.66. The van der Waals surface area contributed by atoms with Gasteiger partial charge in [-0.25, -0.2) is 4.98 Å². The summed E-state index contributed by atoms with van der Waals surface area (Å²) in [6.07, 6.45) is 3.59. The molecule has 0 spiro atoms. The molecule has 0 fully saturated rings. The Bertz CT molecular complexity index is 503. The summed E-state index contributed by atoms with van der Waals surface area (Å²) in [6, 6.07) is 6.11. The molecule has 1 atom stereocenters. The van der Waals surface area contributed by atoms with E-state index in [1.165, 1.54) is 5.56 Å². The van der Waals surface area contributed by atoms with Gasteiger partial charge >= 0.3 is 0 Å². The van der Waals surface area contributed by atoms with Gasteiger partial charge in [-0.15, -0.1) is 0 Å². The summed E-state index contributed by atoms with van der Waals surface area (Å²) in [6.45, 7) is 4.02. The van der Waals surface area contributed by atoms with Crippen molar-refractivity contribution in [2.75, 3.05) is 0 Å². The Hall–Kier alpha value is -1.13. The van der Waals surface area contributed by atoms with E-state index in [1.807, 2.05) is 23.6 Å². The van der Waals surface area contributed by atoms with Gasteiger partial charge in [-0.3, -0.25) is 0 Å². The summed E-state index contributed by atoms with van der Waals surface area (Å²) in [5.74, 6) is 0. The second-order valence-corrected chi connectivity index (χ2v) is 4.68. The number of imidazole rings is 1. The molecule has 2 N–H and O–H groups in total. The predicted molar refractivity (Wildman–Crippen MR) is 68.6 cm³/mol. The van der Waals surface area contributed by atoms with Crippen LogP contribution in [-0.2, 0) is 0 Å². The highest BCUT2D eigenvalue weighted by molar-refractivity contribution is 9.10. The van der Waals surface area contributed by atoms with Crippen molar-refractivity contribution in [3.8, 4) is 5.69 Å². The van der Waals surface area contributed by atoms with E-state index in [0.717, 1.165) is 15.9 Å². The molecule has 16 heavy (non-hydrogen) atoms. The van der Waals surface area contributed by atoms with Crippen molar-refractivity contribution in [3.05, 3.63) is 46.5 Å². The van der Waals surface area contributed by atoms with Crippen LogP contribution >= 0.6 is 15.9 Å². The highest BCUT2D eigenvalue weighted by Gasteiger charge is 2.11. The molecule has 1 heterocycles. The van der Waals surface area contributed by atoms with Crippen LogP contribution in [0.25, 0.3) is 5.69 Å². The van der Waals surface area contributed by atoms with E-state index in [4.69, 9.17) is 5.73 Å². The minimum Gasteiger partial charge on any atom is -0.323 e. The molecule has 0 bridgehead atoms. The summed E-state index contributed by atoms with van der Waals surface area (Å²) in [5, 5.41) is 0. The van der Waals surface area contributed by atoms with Gasteiger partial charge in [0, 0.05) is 10.5 Å². The standard InChI is InChI=1S/C12H14BrN3/c1-8-4-3-5-10(12(8)13)16-7-15-6-11(16)9(2)14/h3-7,9H,14H2,1-2H3/t9-/m1/s1. The van der Waals surface area contributed by atoms with Crippen LogP contribution in [0, 0.1) is 6.92 Å². The lowest BCUT2D eigenvalue weighted by molar-refractivity contribution is 0.751. The summed E-state index contributed by atoms with van der Waals surface area (Å²) in [5.41, 5.74) is 9.18. The van der Waals surface area contributed by atoms with Crippen LogP contribution in [0.2, 0.25) is 0 Å². The Morgan fingerprint density at radius 2 is 2.19 bits per heavy atom. The third-order valence-electron chi connectivity index (χ3n) is 2.56. The maximum absolute atomic E-state index is 5.91. The Morgan fingerprint density at radius 3 is 2.88 bits per heavy atom. The van der Waals surface area contributed by atoms with Crippen molar-refractivity contribution in [2.24, 2.45) is 5.73 Å². The number of halogens is 1. The van der Waals surface area contributed by atoms with Crippen molar-refractivity contribution in [1.82, 2.24) is 9.55 Å². The van der Waals surface area contributed by atoms with Crippen molar-refractivity contribution >= 4 is 15.9 Å². The molecule has 1 aromatic heterocycles. The molecule has 0 saturated carbocycles. The van der Waals surface area contributed by atoms with Gasteiger partial charge in [0.2, 0.25) is 0 Å². The maximum atomic E-state index is 5.91. The largest absolute Gasteiger partial charge is 0.323 e. The zero-order chi connectivity index (χ0) is 11.7. The number of aromatic nitrogens is 2. The molecule has 0 aliphatic carbocycles. The quantitative estimate of drug-likeness (QED) is 0.919. The third kappa shape index (κ3) is 1.90. The molecule has 0 amide bonds. The number of aryl methyl sites for hydroxylation is 1. The summed E-state index contributed by atoms with van der Waals surface area (Å²) < 4.78 is 3.09. The minimum atomic E-state index is -0.0325. The van der Waals surface area contributed by atoms with Gasteiger partial charge < -0.3 is 10.3 Å². The first-order valence-electron chi connectivity index (χ1n) is 5.14. The summed E-state index contributed by atoms with van der Waals surface area (Å²) in [4.78, 5) is 4.15. The van der Waals surface area contributed by atoms with Crippen molar-refractivity contribution in [1.29, 1.82) is 0 Å². The highest BCUT2D eigenvalue weighted by atomic mass is 79.9. The molecular weight excluding hydrogens is 266 g/mol. The first kappa shape index (κ1) is 11.4. The molecule has 0 unspecified atom stereocenters. The van der Waals surface area contributed by atoms with Gasteiger partial charge in [-0.1, -0.05) is 12.1 Å². The highest BCUT2D eigenvalue weighted by Crippen LogP contribution is 2.26. The SMILES string of the molecule is Cc1cccc(-n2cncc2[C@@H](C)N)c1Br. The molecule has 4 heteroatoms. The van der Waals surface area contributed by atoms with Gasteiger partial charge in [0.1, 0.15) is 0 Å². The van der Waals surface area contributed by atoms with Crippen LogP contribution in [0.15, 0.2) is 35.2 Å². The molecule has 0 aliphatic rings. The van der Waals surface area contributed by atoms with E-state index >= 15 is 0 Å². The number of hydrogen-bond donors (Lipinski definition) is 1. The molecule has 84 valence electrons. The molecule has 1 aromatic carbocycles. The normalized spacial score (nSPS) is 12.8. The lowest BCUT2D eigenvalue weighted by atomic mass is 10.2. The molecule has 0 radical (unpaired) electrons. The molecule has 2 rings (SSSR count). The van der Waals surface area contributed by atoms with E-state index in [0.29, 0.717) is 0 Å². The molecule has 3 nitrogen and oxygen atoms in total. The van der Waals surface area contributed by atoms with Crippen LogP contribution in [0.3, 0.4) is 0 Å². The Balaban J connectivity index is 2.59. The number of benzene rings is 1. The van der Waals surface area contributed by atoms with E-state index in [2.05, 4.69) is 33.9 Å². The first-order chi connectivity index (χ1) is 7.61. The third-order valence-corrected chi connectivity index (χ3v) is 3.60. The van der Waals surface area contributed by atoms with Crippen molar-refractivity contribution in [3.63, 3.8) is 0 Å². The molecule has 2 aromatic rings. The second kappa shape index (κ2) is 4.39. The smallest absolute Gasteiger partial charge is 0.0995 e. The van der Waals surface area contributed by atoms with Crippen LogP contribution in [0.1, 0.15) is 24.2 Å². The summed E-state index contributed by atoms with van der Waals surface area (Å²) in [7, 11) is 0. The zero-order valence-electron chi connectivity index (χ0n) is 9.31. The van der Waals surface area contributed by atoms with Gasteiger partial charge in [-0.05, 0) is 41.4 Å². The number of nitrogens with zero attached hydrogens (tertiary/aromatic N) is 2. The maximum Gasteiger partial charge on any atom is 0.0995 e. The van der Waals surface area contributed by atoms with Crippen molar-refractivity contribution < 1.29 is 0 Å². The van der Waals surface area contributed by atoms with Gasteiger partial charge in [0.05, 0.1) is 23.9 Å². The van der Waals surface area contributed by atoms with Gasteiger partial charge in [-0.2, -0.15) is 0 Å². The van der Waals surface area contributed by atoms with Crippen LogP contribution < -0.4 is 5.73 Å². The van der Waals surface area contributed by atoms with Gasteiger partial charge in [0.15, 0.2) is 0 Å². The first-order valence-corrected chi connectivity index (χ1v) is 5.94. The Morgan fingerprint density at radius 1 is 1.44 bits per heavy atom. The van der Waals surface area contributed by atoms with E-state index in [9.17, 15) is 0 Å². The molecular formula is C12H14BrN3. The fraction of sp³-hybridized carbons (Fsp3) is 0.250. The molecule has 0 saturated heterocycles. The van der Waals surface area contributed by atoms with Crippen molar-refractivity contribution in [2.45, 2.75) is 19.9 Å². The number of rotatable bonds is 2. The minimum absolute atomic E-state index is 0.0325. The topological polar surface area (TPSA) is 43.8 Å². The fourth-order valence-corrected chi connectivity index (χ4v) is 2.12. The lowest BCUT2D eigenvalue weighted by Crippen LogP contribution is -2.11. The average Bonchev–Trinajstić information content (AvgIpc) is 2.70. The monoisotopic (exact) mass is 279 g/mol. The van der Waals surface area contributed by atoms with Crippen LogP contribution in [-0.4, -0.2) is 9.55 Å². The Labute approximate surface area is 103 Å². The van der Waals surface area contributed by atoms with Crippen LogP contribution in [0.5, 0.6) is 0 Å². The van der Waals surface area contributed by atoms with E-state index < -0.39 is 0 Å². The second-order valence-electron chi connectivity index (χ2n) is 3.89. The molecule has 0 aliphatic heterocycles. The summed E-state index contributed by atoms with van der Waals surface area (Å²) >= 11 is 3.60. The van der Waals surface area contributed by atoms with Crippen LogP contribution in [0.4, 0.5) is 0 Å². The predicted octanol–water partition coefficient (Wildman–Crippen LogP) is 2.96. The zero-order valence-corrected chi connectivity index (χ0v) is 10.9.